The van der Waals surface area contributed by atoms with Gasteiger partial charge >= 0.3 is 5.69 Å². The number of aromatic nitrogens is 4. The fourth-order valence-electron chi connectivity index (χ4n) is 5.28. The lowest BCUT2D eigenvalue weighted by molar-refractivity contribution is 0.496. The van der Waals surface area contributed by atoms with Gasteiger partial charge in [-0.3, -0.25) is 18.5 Å². The molecular weight excluding hydrogens is 466 g/mol. The standard InChI is InChI=1S/C28H33N7O2/c1-5-6-16-34-24-25(30-27(34)33-15-9-10-20(29)18-33)32(4)28(37)35(26(24)36)17-19-13-14-23(31(2)3)22-12-8-7-11-21(19)22/h7-8,11-14,20H,9-10,15-18,29H2,1-4H3. The molecular formula is C28H33N7O2. The molecule has 0 radical (unpaired) electrons. The van der Waals surface area contributed by atoms with Crippen LogP contribution in [0.25, 0.3) is 21.9 Å². The number of anilines is 2. The predicted molar refractivity (Wildman–Crippen MR) is 149 cm³/mol. The van der Waals surface area contributed by atoms with Gasteiger partial charge in [0.25, 0.3) is 5.56 Å². The molecule has 0 aliphatic carbocycles. The molecule has 1 unspecified atom stereocenters. The average Bonchev–Trinajstić information content (AvgIpc) is 3.28. The Hall–Kier alpha value is -4.03. The minimum atomic E-state index is -0.397. The van der Waals surface area contributed by atoms with Gasteiger partial charge in [-0.25, -0.2) is 4.79 Å². The van der Waals surface area contributed by atoms with E-state index in [1.807, 2.05) is 49.0 Å². The van der Waals surface area contributed by atoms with Gasteiger partial charge in [0.05, 0.1) is 13.1 Å². The minimum absolute atomic E-state index is 0.0400. The van der Waals surface area contributed by atoms with Gasteiger partial charge in [-0.2, -0.15) is 4.98 Å². The van der Waals surface area contributed by atoms with Crippen LogP contribution >= 0.6 is 0 Å². The van der Waals surface area contributed by atoms with Crippen molar-refractivity contribution in [1.82, 2.24) is 18.7 Å². The molecule has 192 valence electrons. The van der Waals surface area contributed by atoms with Crippen molar-refractivity contribution >= 4 is 33.6 Å². The van der Waals surface area contributed by atoms with E-state index < -0.39 is 5.69 Å². The molecule has 1 atom stereocenters. The highest BCUT2D eigenvalue weighted by Gasteiger charge is 2.26. The molecule has 0 amide bonds. The highest BCUT2D eigenvalue weighted by Crippen LogP contribution is 2.29. The Bertz CT molecular complexity index is 1670. The molecule has 2 aromatic carbocycles. The summed E-state index contributed by atoms with van der Waals surface area (Å²) in [6.45, 7) is 3.68. The van der Waals surface area contributed by atoms with E-state index in [0.29, 0.717) is 30.2 Å². The first-order valence-electron chi connectivity index (χ1n) is 12.6. The SMILES string of the molecule is CC#CCn1c(N2CCCC(N)C2)nc2c1c(=O)n(Cc1ccc(N(C)C)c3ccccc13)c(=O)n2C. The number of aryl methyl sites for hydroxylation is 1. The largest absolute Gasteiger partial charge is 0.377 e. The van der Waals surface area contributed by atoms with Crippen LogP contribution in [-0.2, 0) is 20.1 Å². The third-order valence-electron chi connectivity index (χ3n) is 7.17. The zero-order valence-electron chi connectivity index (χ0n) is 21.9. The lowest BCUT2D eigenvalue weighted by Crippen LogP contribution is -2.44. The highest BCUT2D eigenvalue weighted by molar-refractivity contribution is 5.96. The molecule has 1 fully saturated rings. The first-order valence-corrected chi connectivity index (χ1v) is 12.6. The minimum Gasteiger partial charge on any atom is -0.377 e. The average molecular weight is 500 g/mol. The van der Waals surface area contributed by atoms with Crippen LogP contribution in [0, 0.1) is 11.8 Å². The second-order valence-electron chi connectivity index (χ2n) is 9.86. The van der Waals surface area contributed by atoms with Gasteiger partial charge in [-0.15, -0.1) is 5.92 Å². The van der Waals surface area contributed by atoms with Crippen molar-refractivity contribution in [3.63, 3.8) is 0 Å². The predicted octanol–water partition coefficient (Wildman–Crippen LogP) is 2.12. The summed E-state index contributed by atoms with van der Waals surface area (Å²) < 4.78 is 4.62. The molecule has 9 nitrogen and oxygen atoms in total. The third-order valence-corrected chi connectivity index (χ3v) is 7.17. The van der Waals surface area contributed by atoms with Crippen molar-refractivity contribution in [2.75, 3.05) is 37.0 Å². The molecule has 0 bridgehead atoms. The van der Waals surface area contributed by atoms with Crippen LogP contribution in [0.5, 0.6) is 0 Å². The Kier molecular flexibility index (Phi) is 6.52. The molecule has 1 aliphatic rings. The van der Waals surface area contributed by atoms with Crippen LogP contribution in [0.15, 0.2) is 46.0 Å². The van der Waals surface area contributed by atoms with E-state index >= 15 is 0 Å². The van der Waals surface area contributed by atoms with Gasteiger partial charge in [-0.1, -0.05) is 36.3 Å². The molecule has 0 saturated carbocycles. The van der Waals surface area contributed by atoms with E-state index in [-0.39, 0.29) is 18.1 Å². The summed E-state index contributed by atoms with van der Waals surface area (Å²) in [4.78, 5) is 36.4. The molecule has 2 N–H and O–H groups in total. The number of benzene rings is 2. The second-order valence-corrected chi connectivity index (χ2v) is 9.86. The Morgan fingerprint density at radius 3 is 2.57 bits per heavy atom. The van der Waals surface area contributed by atoms with Gasteiger partial charge in [0.15, 0.2) is 11.2 Å². The first-order chi connectivity index (χ1) is 17.8. The Morgan fingerprint density at radius 1 is 1.11 bits per heavy atom. The van der Waals surface area contributed by atoms with Crippen LogP contribution in [0.1, 0.15) is 25.3 Å². The molecule has 1 aliphatic heterocycles. The van der Waals surface area contributed by atoms with Crippen molar-refractivity contribution in [1.29, 1.82) is 0 Å². The molecule has 2 aromatic heterocycles. The monoisotopic (exact) mass is 499 g/mol. The fraction of sp³-hybridized carbons (Fsp3) is 0.393. The molecule has 9 heteroatoms. The summed E-state index contributed by atoms with van der Waals surface area (Å²) in [5.41, 5.74) is 8.22. The smallest absolute Gasteiger partial charge is 0.332 e. The first kappa shape index (κ1) is 24.7. The summed E-state index contributed by atoms with van der Waals surface area (Å²) in [6, 6.07) is 12.1. The fourth-order valence-corrected chi connectivity index (χ4v) is 5.28. The van der Waals surface area contributed by atoms with E-state index in [0.717, 1.165) is 41.4 Å². The summed E-state index contributed by atoms with van der Waals surface area (Å²) >= 11 is 0. The molecule has 0 spiro atoms. The summed E-state index contributed by atoms with van der Waals surface area (Å²) in [5, 5.41) is 2.08. The van der Waals surface area contributed by atoms with Crippen LogP contribution < -0.4 is 26.8 Å². The van der Waals surface area contributed by atoms with E-state index in [9.17, 15) is 9.59 Å². The number of nitrogens with two attached hydrogens (primary N) is 1. The number of nitrogens with zero attached hydrogens (tertiary/aromatic N) is 6. The van der Waals surface area contributed by atoms with Crippen LogP contribution in [0.2, 0.25) is 0 Å². The van der Waals surface area contributed by atoms with Gasteiger partial charge in [-0.05, 0) is 36.8 Å². The second kappa shape index (κ2) is 9.79. The molecule has 4 aromatic rings. The van der Waals surface area contributed by atoms with Crippen molar-refractivity contribution in [2.45, 2.75) is 38.9 Å². The Balaban J connectivity index is 1.71. The van der Waals surface area contributed by atoms with E-state index in [2.05, 4.69) is 27.7 Å². The van der Waals surface area contributed by atoms with Gasteiger partial charge in [0, 0.05) is 51.3 Å². The topological polar surface area (TPSA) is 94.3 Å². The van der Waals surface area contributed by atoms with Crippen LogP contribution in [0.3, 0.4) is 0 Å². The van der Waals surface area contributed by atoms with E-state index in [1.54, 1.807) is 14.0 Å². The third kappa shape index (κ3) is 4.27. The Labute approximate surface area is 215 Å². The normalized spacial score (nSPS) is 15.7. The number of hydrogen-bond donors (Lipinski definition) is 1. The van der Waals surface area contributed by atoms with Crippen LogP contribution in [0.4, 0.5) is 11.6 Å². The lowest BCUT2D eigenvalue weighted by Gasteiger charge is -2.31. The van der Waals surface area contributed by atoms with Crippen molar-refractivity contribution in [3.8, 4) is 11.8 Å². The van der Waals surface area contributed by atoms with Crippen LogP contribution in [-0.4, -0.2) is 51.9 Å². The van der Waals surface area contributed by atoms with Gasteiger partial charge < -0.3 is 15.5 Å². The molecule has 1 saturated heterocycles. The number of hydrogen-bond acceptors (Lipinski definition) is 6. The summed E-state index contributed by atoms with van der Waals surface area (Å²) in [6.07, 6.45) is 1.90. The van der Waals surface area contributed by atoms with Crippen molar-refractivity contribution in [2.24, 2.45) is 12.8 Å². The van der Waals surface area contributed by atoms with Gasteiger partial charge in [0.2, 0.25) is 5.95 Å². The zero-order chi connectivity index (χ0) is 26.3. The van der Waals surface area contributed by atoms with Crippen molar-refractivity contribution in [3.05, 3.63) is 62.8 Å². The quantitative estimate of drug-likeness (QED) is 0.423. The number of rotatable bonds is 5. The summed E-state index contributed by atoms with van der Waals surface area (Å²) in [5.74, 6) is 6.64. The maximum absolute atomic E-state index is 14.0. The Morgan fingerprint density at radius 2 is 1.86 bits per heavy atom. The maximum atomic E-state index is 14.0. The van der Waals surface area contributed by atoms with Gasteiger partial charge in [0.1, 0.15) is 0 Å². The maximum Gasteiger partial charge on any atom is 0.332 e. The van der Waals surface area contributed by atoms with Crippen molar-refractivity contribution < 1.29 is 0 Å². The lowest BCUT2D eigenvalue weighted by atomic mass is 10.0. The number of imidazole rings is 1. The number of fused-ring (bicyclic) bond motifs is 2. The zero-order valence-corrected chi connectivity index (χ0v) is 21.9. The number of piperidine rings is 1. The molecule has 3 heterocycles. The molecule has 5 rings (SSSR count). The molecule has 37 heavy (non-hydrogen) atoms. The van der Waals surface area contributed by atoms with E-state index in [1.165, 1.54) is 9.13 Å². The highest BCUT2D eigenvalue weighted by atomic mass is 16.2. The summed E-state index contributed by atoms with van der Waals surface area (Å²) in [7, 11) is 5.67. The van der Waals surface area contributed by atoms with E-state index in [4.69, 9.17) is 10.7 Å².